The second-order valence-electron chi connectivity index (χ2n) is 5.87. The van der Waals surface area contributed by atoms with Gasteiger partial charge in [0.25, 0.3) is 0 Å². The molecule has 0 spiro atoms. The lowest BCUT2D eigenvalue weighted by Crippen LogP contribution is -2.54. The molecule has 0 radical (unpaired) electrons. The highest BCUT2D eigenvalue weighted by Gasteiger charge is 2.52. The van der Waals surface area contributed by atoms with E-state index in [1.54, 1.807) is 25.6 Å². The van der Waals surface area contributed by atoms with E-state index in [9.17, 15) is 14.7 Å². The first-order valence-corrected chi connectivity index (χ1v) is 8.04. The molecule has 1 saturated heterocycles. The molecule has 1 unspecified atom stereocenters. The summed E-state index contributed by atoms with van der Waals surface area (Å²) in [6.45, 7) is 7.70. The van der Waals surface area contributed by atoms with E-state index in [0.717, 1.165) is 5.75 Å². The van der Waals surface area contributed by atoms with Crippen LogP contribution in [0.5, 0.6) is 0 Å². The molecule has 1 N–H and O–H groups in total. The van der Waals surface area contributed by atoms with Gasteiger partial charge in [0.15, 0.2) is 5.92 Å². The minimum Gasteiger partial charge on any atom is -0.465 e. The van der Waals surface area contributed by atoms with Crippen LogP contribution in [0.1, 0.15) is 34.1 Å². The fourth-order valence-corrected chi connectivity index (χ4v) is 3.99. The first-order valence-electron chi connectivity index (χ1n) is 6.89. The van der Waals surface area contributed by atoms with Crippen LogP contribution in [-0.4, -0.2) is 47.4 Å². The van der Waals surface area contributed by atoms with Crippen LogP contribution >= 0.6 is 11.8 Å². The highest BCUT2D eigenvalue weighted by molar-refractivity contribution is 7.99. The van der Waals surface area contributed by atoms with Crippen molar-refractivity contribution in [1.82, 2.24) is 0 Å². The first kappa shape index (κ1) is 17.3. The minimum absolute atomic E-state index is 0.144. The van der Waals surface area contributed by atoms with E-state index in [4.69, 9.17) is 9.47 Å². The van der Waals surface area contributed by atoms with Gasteiger partial charge in [0.2, 0.25) is 0 Å². The summed E-state index contributed by atoms with van der Waals surface area (Å²) >= 11 is 1.54. The highest BCUT2D eigenvalue weighted by Crippen LogP contribution is 2.43. The normalized spacial score (nSPS) is 25.3. The largest absolute Gasteiger partial charge is 0.465 e. The lowest BCUT2D eigenvalue weighted by atomic mass is 9.75. The quantitative estimate of drug-likeness (QED) is 0.615. The van der Waals surface area contributed by atoms with Crippen LogP contribution in [-0.2, 0) is 19.1 Å². The Morgan fingerprint density at radius 2 is 1.65 bits per heavy atom. The maximum absolute atomic E-state index is 12.1. The van der Waals surface area contributed by atoms with Crippen LogP contribution in [0.3, 0.4) is 0 Å². The van der Waals surface area contributed by atoms with Crippen LogP contribution in [0.25, 0.3) is 0 Å². The molecule has 1 aliphatic rings. The molecule has 1 atom stereocenters. The molecule has 6 heteroatoms. The van der Waals surface area contributed by atoms with E-state index in [0.29, 0.717) is 12.2 Å². The van der Waals surface area contributed by atoms with Crippen molar-refractivity contribution in [3.05, 3.63) is 0 Å². The van der Waals surface area contributed by atoms with Gasteiger partial charge in [-0.25, -0.2) is 0 Å². The monoisotopic (exact) mass is 304 g/mol. The maximum atomic E-state index is 12.1. The maximum Gasteiger partial charge on any atom is 0.323 e. The van der Waals surface area contributed by atoms with Crippen LogP contribution in [0, 0.1) is 11.3 Å². The number of esters is 2. The van der Waals surface area contributed by atoms with E-state index >= 15 is 0 Å². The Kier molecular flexibility index (Phi) is 5.89. The number of carbonyl (C=O) groups is 2. The van der Waals surface area contributed by atoms with Gasteiger partial charge in [-0.1, -0.05) is 13.8 Å². The van der Waals surface area contributed by atoms with E-state index in [1.165, 1.54) is 0 Å². The molecule has 1 heterocycles. The highest BCUT2D eigenvalue weighted by atomic mass is 32.2. The van der Waals surface area contributed by atoms with Crippen LogP contribution < -0.4 is 0 Å². The Hall–Kier alpha value is -0.750. The molecule has 1 rings (SSSR count). The summed E-state index contributed by atoms with van der Waals surface area (Å²) in [6.07, 6.45) is 0.370. The van der Waals surface area contributed by atoms with Crippen LogP contribution in [0.4, 0.5) is 0 Å². The van der Waals surface area contributed by atoms with Crippen molar-refractivity contribution >= 4 is 23.7 Å². The second kappa shape index (κ2) is 6.80. The Balaban J connectivity index is 3.01. The number of hydrogen-bond donors (Lipinski definition) is 1. The lowest BCUT2D eigenvalue weighted by molar-refractivity contribution is -0.175. The molecule has 5 nitrogen and oxygen atoms in total. The van der Waals surface area contributed by atoms with Crippen molar-refractivity contribution < 1.29 is 24.2 Å². The van der Waals surface area contributed by atoms with Crippen molar-refractivity contribution in [2.75, 3.05) is 24.7 Å². The molecule has 0 bridgehead atoms. The number of aliphatic hydroxyl groups is 1. The van der Waals surface area contributed by atoms with Gasteiger partial charge in [-0.2, -0.15) is 11.8 Å². The van der Waals surface area contributed by atoms with Gasteiger partial charge < -0.3 is 14.6 Å². The Bertz CT molecular complexity index is 351. The zero-order valence-corrected chi connectivity index (χ0v) is 13.4. The van der Waals surface area contributed by atoms with Crippen molar-refractivity contribution in [2.45, 2.75) is 39.7 Å². The number of ether oxygens (including phenoxy) is 2. The Morgan fingerprint density at radius 3 is 2.05 bits per heavy atom. The molecule has 0 aliphatic carbocycles. The molecular weight excluding hydrogens is 280 g/mol. The third kappa shape index (κ3) is 4.12. The third-order valence-electron chi connectivity index (χ3n) is 3.21. The number of carbonyl (C=O) groups excluding carboxylic acids is 2. The molecule has 20 heavy (non-hydrogen) atoms. The molecule has 0 saturated carbocycles. The molecule has 0 aromatic rings. The topological polar surface area (TPSA) is 72.8 Å². The summed E-state index contributed by atoms with van der Waals surface area (Å²) in [5.41, 5.74) is -1.56. The van der Waals surface area contributed by atoms with Crippen LogP contribution in [0.15, 0.2) is 0 Å². The van der Waals surface area contributed by atoms with Gasteiger partial charge >= 0.3 is 11.9 Å². The van der Waals surface area contributed by atoms with Gasteiger partial charge in [-0.15, -0.1) is 0 Å². The summed E-state index contributed by atoms with van der Waals surface area (Å²) in [6, 6.07) is 0. The standard InChI is InChI=1S/C14H24O5S/c1-5-18-11(15)10(12(16)19-6-2)14(17)7-13(3,4)8-20-9-14/h10,17H,5-9H2,1-4H3. The van der Waals surface area contributed by atoms with E-state index in [1.807, 2.05) is 13.8 Å². The summed E-state index contributed by atoms with van der Waals surface area (Å²) in [4.78, 5) is 24.2. The van der Waals surface area contributed by atoms with Crippen molar-refractivity contribution in [1.29, 1.82) is 0 Å². The summed E-state index contributed by atoms with van der Waals surface area (Å²) in [5, 5.41) is 10.8. The zero-order valence-electron chi connectivity index (χ0n) is 12.6. The summed E-state index contributed by atoms with van der Waals surface area (Å²) in [5.74, 6) is -1.46. The molecule has 0 amide bonds. The first-order chi connectivity index (χ1) is 9.25. The van der Waals surface area contributed by atoms with E-state index < -0.39 is 23.5 Å². The predicted molar refractivity (Wildman–Crippen MR) is 77.4 cm³/mol. The molecule has 1 fully saturated rings. The van der Waals surface area contributed by atoms with Crippen molar-refractivity contribution in [2.24, 2.45) is 11.3 Å². The van der Waals surface area contributed by atoms with Crippen molar-refractivity contribution in [3.63, 3.8) is 0 Å². The predicted octanol–water partition coefficient (Wildman–Crippen LogP) is 1.62. The Labute approximate surface area is 124 Å². The third-order valence-corrected chi connectivity index (χ3v) is 4.90. The number of thioether (sulfide) groups is 1. The Morgan fingerprint density at radius 1 is 1.15 bits per heavy atom. The average molecular weight is 304 g/mol. The minimum atomic E-state index is -1.41. The average Bonchev–Trinajstić information content (AvgIpc) is 2.27. The van der Waals surface area contributed by atoms with Gasteiger partial charge in [-0.05, 0) is 31.4 Å². The lowest BCUT2D eigenvalue weighted by Gasteiger charge is -2.43. The smallest absolute Gasteiger partial charge is 0.323 e. The van der Waals surface area contributed by atoms with E-state index in [2.05, 4.69) is 0 Å². The number of rotatable bonds is 5. The second-order valence-corrected chi connectivity index (χ2v) is 6.86. The van der Waals surface area contributed by atoms with E-state index in [-0.39, 0.29) is 18.6 Å². The molecular formula is C14H24O5S. The van der Waals surface area contributed by atoms with Gasteiger partial charge in [-0.3, -0.25) is 9.59 Å². The zero-order chi connectivity index (χ0) is 15.4. The number of hydrogen-bond acceptors (Lipinski definition) is 6. The molecule has 116 valence electrons. The van der Waals surface area contributed by atoms with Crippen LogP contribution in [0.2, 0.25) is 0 Å². The fourth-order valence-electron chi connectivity index (χ4n) is 2.61. The SMILES string of the molecule is CCOC(=O)C(C(=O)OCC)C1(O)CSCC(C)(C)C1. The molecule has 0 aromatic heterocycles. The van der Waals surface area contributed by atoms with Gasteiger partial charge in [0.1, 0.15) is 0 Å². The summed E-state index contributed by atoms with van der Waals surface area (Å²) < 4.78 is 9.90. The molecule has 0 aromatic carbocycles. The van der Waals surface area contributed by atoms with Gasteiger partial charge in [0.05, 0.1) is 18.8 Å². The molecule has 1 aliphatic heterocycles. The van der Waals surface area contributed by atoms with Crippen molar-refractivity contribution in [3.8, 4) is 0 Å². The van der Waals surface area contributed by atoms with Gasteiger partial charge in [0, 0.05) is 5.75 Å². The summed E-state index contributed by atoms with van der Waals surface area (Å²) in [7, 11) is 0. The fraction of sp³-hybridized carbons (Fsp3) is 0.857.